The van der Waals surface area contributed by atoms with Gasteiger partial charge in [0.25, 0.3) is 6.20 Å². The molecule has 2 aliphatic rings. The van der Waals surface area contributed by atoms with E-state index in [0.29, 0.717) is 6.04 Å². The molecule has 0 saturated heterocycles. The molecule has 0 N–H and O–H groups in total. The predicted molar refractivity (Wildman–Crippen MR) is 142 cm³/mol. The predicted octanol–water partition coefficient (Wildman–Crippen LogP) is 7.58. The fourth-order valence-corrected chi connectivity index (χ4v) is 4.89. The Morgan fingerprint density at radius 2 is 1.68 bits per heavy atom. The number of fused-ring (bicyclic) bond motifs is 3. The second-order valence-corrected chi connectivity index (χ2v) is 9.15. The first kappa shape index (κ1) is 25.0. The van der Waals surface area contributed by atoms with Gasteiger partial charge in [0.05, 0.1) is 0 Å². The summed E-state index contributed by atoms with van der Waals surface area (Å²) in [6.45, 7) is 0. The van der Waals surface area contributed by atoms with Gasteiger partial charge in [0.1, 0.15) is 11.3 Å². The molecule has 0 bridgehead atoms. The van der Waals surface area contributed by atoms with Crippen molar-refractivity contribution in [3.8, 4) is 11.3 Å². The molecule has 5 heteroatoms. The third-order valence-electron chi connectivity index (χ3n) is 6.77. The van der Waals surface area contributed by atoms with E-state index in [1.807, 2.05) is 71.3 Å². The van der Waals surface area contributed by atoms with Gasteiger partial charge >= 0.3 is 6.01 Å². The summed E-state index contributed by atoms with van der Waals surface area (Å²) in [5, 5.41) is 2.26. The van der Waals surface area contributed by atoms with Gasteiger partial charge in [0.15, 0.2) is 6.04 Å². The molecular formula is C32H27IrN3O. The number of benzene rings is 3. The Hall–Kier alpha value is -3.62. The van der Waals surface area contributed by atoms with Gasteiger partial charge < -0.3 is 9.40 Å². The van der Waals surface area contributed by atoms with Crippen molar-refractivity contribution in [2.45, 2.75) is 38.1 Å². The third kappa shape index (κ3) is 5.55. The molecule has 3 aromatic carbocycles. The minimum Gasteiger partial charge on any atom is -0.483 e. The number of para-hydroxylation sites is 1. The summed E-state index contributed by atoms with van der Waals surface area (Å²) in [7, 11) is 0. The Bertz CT molecular complexity index is 1560. The second-order valence-electron chi connectivity index (χ2n) is 9.15. The SMILES string of the molecule is C1=[N+](c2[c-]cc3c(c2)oc2ccccc23)C=C[N+]=1C1CCCCC1.[Ir].[c-]1ccccc1-c1ccccn1. The molecule has 1 aliphatic heterocycles. The second kappa shape index (κ2) is 11.6. The summed E-state index contributed by atoms with van der Waals surface area (Å²) >= 11 is 0. The molecule has 7 rings (SSSR count). The standard InChI is InChI=1S/C21H19N2O.C11H8N.Ir/c1-2-6-16(7-3-1)22-12-13-23(15-22)17-10-11-19-18-8-4-5-9-20(18)24-21(19)14-17;1-2-6-10(7-3-1)11-8-4-5-9-12-11;/h4-5,8-9,11-14,16H,1-3,6-7H2;1-6,8-9H;/q+1;-1;. The smallest absolute Gasteiger partial charge is 0.483 e. The van der Waals surface area contributed by atoms with Crippen LogP contribution in [-0.2, 0) is 20.1 Å². The van der Waals surface area contributed by atoms with Crippen LogP contribution in [0.3, 0.4) is 0 Å². The van der Waals surface area contributed by atoms with Gasteiger partial charge in [-0.25, -0.2) is 0 Å². The van der Waals surface area contributed by atoms with E-state index < -0.39 is 0 Å². The molecule has 0 atom stereocenters. The van der Waals surface area contributed by atoms with Gasteiger partial charge in [-0.2, -0.15) is 6.07 Å². The maximum atomic E-state index is 5.98. The van der Waals surface area contributed by atoms with Gasteiger partial charge in [0.2, 0.25) is 6.20 Å². The van der Waals surface area contributed by atoms with Crippen molar-refractivity contribution in [2.24, 2.45) is 0 Å². The number of hydrogen-bond acceptors (Lipinski definition) is 2. The normalized spacial score (nSPS) is 15.0. The summed E-state index contributed by atoms with van der Waals surface area (Å²) in [6.07, 6.45) is 12.5. The largest absolute Gasteiger partial charge is 0.493 e. The van der Waals surface area contributed by atoms with Crippen LogP contribution in [0.25, 0.3) is 33.2 Å². The van der Waals surface area contributed by atoms with E-state index in [9.17, 15) is 0 Å². The molecule has 1 fully saturated rings. The number of rotatable bonds is 3. The third-order valence-corrected chi connectivity index (χ3v) is 6.77. The van der Waals surface area contributed by atoms with Crippen molar-refractivity contribution in [1.29, 1.82) is 0 Å². The average molecular weight is 662 g/mol. The summed E-state index contributed by atoms with van der Waals surface area (Å²) in [4.78, 5) is 4.22. The zero-order valence-electron chi connectivity index (χ0n) is 20.4. The minimum atomic E-state index is 0. The molecule has 2 aromatic heterocycles. The first-order valence-electron chi connectivity index (χ1n) is 12.6. The Kier molecular flexibility index (Phi) is 7.87. The van der Waals surface area contributed by atoms with Crippen molar-refractivity contribution < 1.29 is 33.7 Å². The Morgan fingerprint density at radius 1 is 0.838 bits per heavy atom. The van der Waals surface area contributed by atoms with Gasteiger partial charge in [0, 0.05) is 44.7 Å². The van der Waals surface area contributed by atoms with Crippen molar-refractivity contribution >= 4 is 33.6 Å². The maximum absolute atomic E-state index is 5.98. The van der Waals surface area contributed by atoms with Crippen molar-refractivity contribution in [3.05, 3.63) is 110 Å². The van der Waals surface area contributed by atoms with E-state index in [1.165, 1.54) is 32.1 Å². The van der Waals surface area contributed by atoms with Gasteiger partial charge in [-0.15, -0.1) is 42.0 Å². The number of furan rings is 1. The van der Waals surface area contributed by atoms with Gasteiger partial charge in [-0.1, -0.05) is 57.4 Å². The molecule has 3 heterocycles. The first-order chi connectivity index (χ1) is 17.8. The van der Waals surface area contributed by atoms with Crippen LogP contribution >= 0.6 is 0 Å². The molecule has 185 valence electrons. The average Bonchev–Trinajstić information content (AvgIpc) is 3.60. The summed E-state index contributed by atoms with van der Waals surface area (Å²) in [6, 6.07) is 36.5. The fourth-order valence-electron chi connectivity index (χ4n) is 4.89. The van der Waals surface area contributed by atoms with Gasteiger partial charge in [-0.05, 0) is 36.1 Å². The maximum Gasteiger partial charge on any atom is 0.493 e. The van der Waals surface area contributed by atoms with Crippen molar-refractivity contribution in [3.63, 3.8) is 0 Å². The van der Waals surface area contributed by atoms with Crippen molar-refractivity contribution in [1.82, 2.24) is 4.98 Å². The zero-order chi connectivity index (χ0) is 24.2. The quantitative estimate of drug-likeness (QED) is 0.148. The van der Waals surface area contributed by atoms with Crippen LogP contribution in [-0.4, -0.2) is 26.2 Å². The van der Waals surface area contributed by atoms with Crippen LogP contribution in [0.5, 0.6) is 0 Å². The van der Waals surface area contributed by atoms with E-state index in [0.717, 1.165) is 38.9 Å². The van der Waals surface area contributed by atoms with Gasteiger partial charge in [-0.3, -0.25) is 0 Å². The molecule has 0 unspecified atom stereocenters. The minimum absolute atomic E-state index is 0. The van der Waals surface area contributed by atoms with E-state index in [1.54, 1.807) is 6.20 Å². The van der Waals surface area contributed by atoms with Crippen LogP contribution < -0.4 is 0 Å². The summed E-state index contributed by atoms with van der Waals surface area (Å²) < 4.78 is 10.2. The Labute approximate surface area is 230 Å². The summed E-state index contributed by atoms with van der Waals surface area (Å²) in [5.74, 6) is 0. The van der Waals surface area contributed by atoms with E-state index in [4.69, 9.17) is 4.42 Å². The molecule has 0 amide bonds. The molecule has 37 heavy (non-hydrogen) atoms. The number of hydrogen-bond donors (Lipinski definition) is 0. The number of nitrogens with zero attached hydrogens (tertiary/aromatic N) is 3. The van der Waals surface area contributed by atoms with Crippen LogP contribution in [0.2, 0.25) is 0 Å². The molecule has 0 spiro atoms. The van der Waals surface area contributed by atoms with E-state index in [2.05, 4.69) is 52.2 Å². The van der Waals surface area contributed by atoms with Crippen LogP contribution in [0.1, 0.15) is 32.1 Å². The Balaban J connectivity index is 0.000000183. The molecular weight excluding hydrogens is 635 g/mol. The zero-order valence-corrected chi connectivity index (χ0v) is 22.8. The molecule has 1 saturated carbocycles. The van der Waals surface area contributed by atoms with Crippen LogP contribution in [0, 0.1) is 12.1 Å². The number of aromatic nitrogens is 1. The molecule has 4 nitrogen and oxygen atoms in total. The number of pyridine rings is 1. The first-order valence-corrected chi connectivity index (χ1v) is 12.6. The molecule has 1 radical (unpaired) electrons. The molecule has 5 aromatic rings. The monoisotopic (exact) mass is 662 g/mol. The fraction of sp³-hybridized carbons (Fsp3) is 0.188. The summed E-state index contributed by atoms with van der Waals surface area (Å²) in [5.41, 5.74) is 4.80. The van der Waals surface area contributed by atoms with Crippen LogP contribution in [0.4, 0.5) is 5.69 Å². The topological polar surface area (TPSA) is 32.0 Å². The van der Waals surface area contributed by atoms with E-state index in [-0.39, 0.29) is 20.1 Å². The van der Waals surface area contributed by atoms with Crippen molar-refractivity contribution in [2.75, 3.05) is 0 Å². The Morgan fingerprint density at radius 3 is 2.49 bits per heavy atom. The molecule has 1 aliphatic carbocycles. The van der Waals surface area contributed by atoms with Crippen LogP contribution in [0.15, 0.2) is 102 Å². The van der Waals surface area contributed by atoms with E-state index >= 15 is 0 Å².